The van der Waals surface area contributed by atoms with Gasteiger partial charge in [0, 0.05) is 45.2 Å². The summed E-state index contributed by atoms with van der Waals surface area (Å²) in [6, 6.07) is 6.17. The predicted octanol–water partition coefficient (Wildman–Crippen LogP) is 3.27. The molecule has 2 saturated heterocycles. The zero-order valence-electron chi connectivity index (χ0n) is 34.1. The Labute approximate surface area is 335 Å². The van der Waals surface area contributed by atoms with E-state index < -0.39 is 41.0 Å². The number of hydrogen-bond acceptors (Lipinski definition) is 12. The van der Waals surface area contributed by atoms with E-state index in [2.05, 4.69) is 25.8 Å². The Hall–Kier alpha value is -3.67. The standard InChI is InChI=1S/C40H62N6O9S/c1-27-34(56-26-42-27)29-10-8-28(9-11-29)23-41-36(49)32-22-31(47)24-46(32)37(50)35(39(2,3)4)44-33(48)25-54-21-20-53-19-18-52-17-16-45-14-12-30(13-15-45)43-38(51)55-40(5,6)7/h8-11,26,30-32,35,47H,12-25H2,1-7H3,(H,41,49)(H,43,51)(H,44,48)/t31-,32+,35-/m1/s1. The van der Waals surface area contributed by atoms with Crippen LogP contribution in [0.2, 0.25) is 0 Å². The van der Waals surface area contributed by atoms with E-state index in [9.17, 15) is 24.3 Å². The number of benzene rings is 1. The van der Waals surface area contributed by atoms with Gasteiger partial charge in [0.25, 0.3) is 0 Å². The van der Waals surface area contributed by atoms with E-state index in [1.54, 1.807) is 11.3 Å². The number of aromatic nitrogens is 1. The smallest absolute Gasteiger partial charge is 0.407 e. The number of aliphatic hydroxyl groups is 1. The van der Waals surface area contributed by atoms with Crippen molar-refractivity contribution in [2.75, 3.05) is 65.8 Å². The van der Waals surface area contributed by atoms with Gasteiger partial charge < -0.3 is 49.8 Å². The SMILES string of the molecule is Cc1ncsc1-c1ccc(CNC(=O)[C@@H]2C[C@@H](O)CN2C(=O)[C@@H](NC(=O)COCCOCCOCCN2CCC(NC(=O)OC(C)(C)C)CC2)C(C)(C)C)cc1. The molecule has 4 amide bonds. The molecule has 312 valence electrons. The van der Waals surface area contributed by atoms with Gasteiger partial charge in [0.2, 0.25) is 17.7 Å². The number of hydrogen-bond donors (Lipinski definition) is 4. The second-order valence-corrected chi connectivity index (χ2v) is 17.3. The molecule has 2 aliphatic rings. The van der Waals surface area contributed by atoms with Crippen molar-refractivity contribution in [2.24, 2.45) is 5.41 Å². The largest absolute Gasteiger partial charge is 0.444 e. The number of aryl methyl sites for hydroxylation is 1. The Morgan fingerprint density at radius 3 is 2.20 bits per heavy atom. The molecule has 2 aromatic rings. The van der Waals surface area contributed by atoms with Gasteiger partial charge in [-0.2, -0.15) is 0 Å². The number of β-amino-alcohol motifs (C(OH)–C–C–N with tert-alkyl or cyclic N) is 1. The van der Waals surface area contributed by atoms with Crippen molar-refractivity contribution in [1.82, 2.24) is 30.7 Å². The van der Waals surface area contributed by atoms with Crippen LogP contribution in [0.3, 0.4) is 0 Å². The van der Waals surface area contributed by atoms with Gasteiger partial charge in [0.05, 0.1) is 55.2 Å². The van der Waals surface area contributed by atoms with Crippen LogP contribution in [0.4, 0.5) is 4.79 Å². The van der Waals surface area contributed by atoms with Gasteiger partial charge in [-0.15, -0.1) is 11.3 Å². The molecular weight excluding hydrogens is 741 g/mol. The molecule has 0 aliphatic carbocycles. The number of amides is 4. The van der Waals surface area contributed by atoms with Crippen molar-refractivity contribution >= 4 is 35.2 Å². The average molecular weight is 803 g/mol. The van der Waals surface area contributed by atoms with Crippen LogP contribution in [0.1, 0.15) is 72.1 Å². The van der Waals surface area contributed by atoms with Crippen molar-refractivity contribution < 1.29 is 43.2 Å². The number of carbonyl (C=O) groups is 4. The molecule has 4 N–H and O–H groups in total. The maximum atomic E-state index is 13.9. The lowest BCUT2D eigenvalue weighted by Gasteiger charge is -2.35. The first kappa shape index (κ1) is 45.0. The van der Waals surface area contributed by atoms with Gasteiger partial charge in [0.1, 0.15) is 24.3 Å². The lowest BCUT2D eigenvalue weighted by Crippen LogP contribution is -2.58. The summed E-state index contributed by atoms with van der Waals surface area (Å²) in [6.45, 7) is 17.4. The summed E-state index contributed by atoms with van der Waals surface area (Å²) in [5, 5.41) is 19.2. The second kappa shape index (κ2) is 21.2. The van der Waals surface area contributed by atoms with E-state index >= 15 is 0 Å². The third-order valence-corrected chi connectivity index (χ3v) is 10.5. The van der Waals surface area contributed by atoms with Gasteiger partial charge in [-0.1, -0.05) is 45.0 Å². The molecule has 3 atom stereocenters. The molecule has 2 fully saturated rings. The number of nitrogens with one attached hydrogen (secondary N) is 3. The van der Waals surface area contributed by atoms with Gasteiger partial charge in [0.15, 0.2) is 0 Å². The Morgan fingerprint density at radius 1 is 0.946 bits per heavy atom. The number of likely N-dealkylation sites (tertiary alicyclic amines) is 2. The highest BCUT2D eigenvalue weighted by Gasteiger charge is 2.44. The maximum absolute atomic E-state index is 13.9. The Bertz CT molecular complexity index is 1570. The van der Waals surface area contributed by atoms with E-state index in [1.807, 2.05) is 78.2 Å². The predicted molar refractivity (Wildman–Crippen MR) is 213 cm³/mol. The third kappa shape index (κ3) is 14.7. The van der Waals surface area contributed by atoms with Crippen LogP contribution in [0.5, 0.6) is 0 Å². The van der Waals surface area contributed by atoms with Crippen LogP contribution in [-0.4, -0.2) is 139 Å². The van der Waals surface area contributed by atoms with Crippen molar-refractivity contribution in [1.29, 1.82) is 0 Å². The summed E-state index contributed by atoms with van der Waals surface area (Å²) in [6.07, 6.45) is 0.600. The minimum absolute atomic E-state index is 0.00636. The number of rotatable bonds is 18. The van der Waals surface area contributed by atoms with E-state index in [-0.39, 0.29) is 57.4 Å². The van der Waals surface area contributed by atoms with Crippen LogP contribution in [-0.2, 0) is 39.9 Å². The molecule has 56 heavy (non-hydrogen) atoms. The molecule has 0 radical (unpaired) electrons. The normalized spacial score (nSPS) is 18.8. The summed E-state index contributed by atoms with van der Waals surface area (Å²) in [5.74, 6) is -1.27. The molecule has 15 nitrogen and oxygen atoms in total. The van der Waals surface area contributed by atoms with Crippen LogP contribution in [0, 0.1) is 12.3 Å². The zero-order valence-corrected chi connectivity index (χ0v) is 34.9. The number of nitrogens with zero attached hydrogens (tertiary/aromatic N) is 3. The van der Waals surface area contributed by atoms with Crippen molar-refractivity contribution in [2.45, 2.75) is 104 Å². The monoisotopic (exact) mass is 802 g/mol. The molecule has 0 unspecified atom stereocenters. The first-order valence-corrected chi connectivity index (χ1v) is 20.4. The number of ether oxygens (including phenoxy) is 4. The molecule has 0 spiro atoms. The number of thiazole rings is 1. The molecule has 4 rings (SSSR count). The Morgan fingerprint density at radius 2 is 1.59 bits per heavy atom. The van der Waals surface area contributed by atoms with Crippen LogP contribution >= 0.6 is 11.3 Å². The van der Waals surface area contributed by atoms with Gasteiger partial charge >= 0.3 is 6.09 Å². The van der Waals surface area contributed by atoms with Gasteiger partial charge in [-0.05, 0) is 57.1 Å². The molecule has 2 aliphatic heterocycles. The molecule has 3 heterocycles. The van der Waals surface area contributed by atoms with E-state index in [0.717, 1.165) is 54.2 Å². The molecule has 0 bridgehead atoms. The van der Waals surface area contributed by atoms with Crippen LogP contribution in [0.25, 0.3) is 10.4 Å². The lowest BCUT2D eigenvalue weighted by molar-refractivity contribution is -0.144. The second-order valence-electron chi connectivity index (χ2n) is 16.5. The highest BCUT2D eigenvalue weighted by Crippen LogP contribution is 2.28. The maximum Gasteiger partial charge on any atom is 0.407 e. The fourth-order valence-electron chi connectivity index (χ4n) is 6.56. The quantitative estimate of drug-likeness (QED) is 0.163. The van der Waals surface area contributed by atoms with Crippen molar-refractivity contribution in [3.63, 3.8) is 0 Å². The lowest BCUT2D eigenvalue weighted by atomic mass is 9.85. The van der Waals surface area contributed by atoms with E-state index in [0.29, 0.717) is 19.8 Å². The summed E-state index contributed by atoms with van der Waals surface area (Å²) in [5.41, 5.74) is 3.54. The van der Waals surface area contributed by atoms with Gasteiger partial charge in [-0.3, -0.25) is 14.4 Å². The van der Waals surface area contributed by atoms with Crippen molar-refractivity contribution in [3.05, 3.63) is 41.0 Å². The molecule has 1 aromatic carbocycles. The van der Waals surface area contributed by atoms with E-state index in [4.69, 9.17) is 18.9 Å². The number of carbonyl (C=O) groups excluding carboxylic acids is 4. The summed E-state index contributed by atoms with van der Waals surface area (Å²) >= 11 is 1.57. The first-order chi connectivity index (χ1) is 26.5. The molecule has 0 saturated carbocycles. The number of aliphatic hydroxyl groups excluding tert-OH is 1. The highest BCUT2D eigenvalue weighted by molar-refractivity contribution is 7.13. The number of piperidine rings is 1. The van der Waals surface area contributed by atoms with Crippen LogP contribution < -0.4 is 16.0 Å². The summed E-state index contributed by atoms with van der Waals surface area (Å²) in [7, 11) is 0. The minimum Gasteiger partial charge on any atom is -0.444 e. The fraction of sp³-hybridized carbons (Fsp3) is 0.675. The molecule has 1 aromatic heterocycles. The van der Waals surface area contributed by atoms with Crippen LogP contribution in [0.15, 0.2) is 29.8 Å². The zero-order chi connectivity index (χ0) is 40.9. The summed E-state index contributed by atoms with van der Waals surface area (Å²) in [4.78, 5) is 61.2. The molecule has 16 heteroatoms. The fourth-order valence-corrected chi connectivity index (χ4v) is 7.37. The molecular formula is C40H62N6O9S. The minimum atomic E-state index is -0.949. The highest BCUT2D eigenvalue weighted by atomic mass is 32.1. The van der Waals surface area contributed by atoms with E-state index in [1.165, 1.54) is 4.90 Å². The number of alkyl carbamates (subject to hydrolysis) is 1. The van der Waals surface area contributed by atoms with Gasteiger partial charge in [-0.25, -0.2) is 9.78 Å². The first-order valence-electron chi connectivity index (χ1n) is 19.5. The van der Waals surface area contributed by atoms with Crippen molar-refractivity contribution in [3.8, 4) is 10.4 Å². The Balaban J connectivity index is 1.10. The third-order valence-electron chi connectivity index (χ3n) is 9.55. The topological polar surface area (TPSA) is 181 Å². The Kier molecular flexibility index (Phi) is 17.0. The average Bonchev–Trinajstić information content (AvgIpc) is 3.74. The summed E-state index contributed by atoms with van der Waals surface area (Å²) < 4.78 is 22.1.